The number of benzene rings is 1. The van der Waals surface area contributed by atoms with E-state index >= 15 is 0 Å². The topological polar surface area (TPSA) is 153 Å². The number of piperidine rings is 1. The third kappa shape index (κ3) is 4.92. The quantitative estimate of drug-likeness (QED) is 0.517. The third-order valence-corrected chi connectivity index (χ3v) is 5.80. The van der Waals surface area contributed by atoms with Crippen molar-refractivity contribution in [3.05, 3.63) is 46.2 Å². The molecule has 1 fully saturated rings. The smallest absolute Gasteiger partial charge is 0.240 e. The number of nitrogen functional groups attached to an aromatic ring is 1. The summed E-state index contributed by atoms with van der Waals surface area (Å²) in [6, 6.07) is 6.25. The lowest BCUT2D eigenvalue weighted by molar-refractivity contribution is -0.128. The fourth-order valence-corrected chi connectivity index (χ4v) is 3.73. The summed E-state index contributed by atoms with van der Waals surface area (Å²) in [4.78, 5) is 34.5. The van der Waals surface area contributed by atoms with E-state index < -0.39 is 17.5 Å². The van der Waals surface area contributed by atoms with Gasteiger partial charge in [-0.15, -0.1) is 0 Å². The van der Waals surface area contributed by atoms with E-state index in [1.807, 2.05) is 4.90 Å². The van der Waals surface area contributed by atoms with E-state index in [1.54, 1.807) is 24.3 Å². The van der Waals surface area contributed by atoms with Crippen LogP contribution in [-0.4, -0.2) is 40.4 Å². The molecule has 0 bridgehead atoms. The lowest BCUT2D eigenvalue weighted by Gasteiger charge is -2.39. The normalized spacial score (nSPS) is 16.7. The number of amides is 2. The van der Waals surface area contributed by atoms with Crippen LogP contribution in [0.2, 0.25) is 10.0 Å². The number of carbonyl (C=O) groups excluding carboxylic acids is 2. The molecule has 9 nitrogen and oxygen atoms in total. The van der Waals surface area contributed by atoms with Gasteiger partial charge in [0.25, 0.3) is 0 Å². The first kappa shape index (κ1) is 22.1. The number of hydrogen-bond donors (Lipinski definition) is 4. The number of hydrogen-bond acceptors (Lipinski definition) is 7. The van der Waals surface area contributed by atoms with E-state index in [0.29, 0.717) is 36.8 Å². The average Bonchev–Trinajstić information content (AvgIpc) is 2.70. The van der Waals surface area contributed by atoms with Gasteiger partial charge in [-0.25, -0.2) is 9.97 Å². The fraction of sp³-hybridized carbons (Fsp3) is 0.368. The van der Waals surface area contributed by atoms with Gasteiger partial charge in [-0.05, 0) is 30.5 Å². The molecule has 1 aliphatic heterocycles. The lowest BCUT2D eigenvalue weighted by Crippen LogP contribution is -2.60. The van der Waals surface area contributed by atoms with Crippen LogP contribution in [0.1, 0.15) is 30.9 Å². The van der Waals surface area contributed by atoms with Crippen molar-refractivity contribution in [2.75, 3.05) is 23.7 Å². The Balaban J connectivity index is 1.70. The molecule has 2 aromatic rings. The van der Waals surface area contributed by atoms with Gasteiger partial charge in [-0.2, -0.15) is 0 Å². The highest BCUT2D eigenvalue weighted by Gasteiger charge is 2.39. The lowest BCUT2D eigenvalue weighted by atomic mass is 9.87. The summed E-state index contributed by atoms with van der Waals surface area (Å²) in [7, 11) is 0. The minimum Gasteiger partial charge on any atom is -0.382 e. The van der Waals surface area contributed by atoms with Crippen molar-refractivity contribution in [3.8, 4) is 0 Å². The zero-order chi connectivity index (χ0) is 21.9. The molecule has 7 N–H and O–H groups in total. The van der Waals surface area contributed by atoms with Crippen LogP contribution in [0.5, 0.6) is 0 Å². The molecule has 1 aromatic heterocycles. The van der Waals surface area contributed by atoms with Crippen LogP contribution in [0.25, 0.3) is 0 Å². The highest BCUT2D eigenvalue weighted by atomic mass is 35.5. The van der Waals surface area contributed by atoms with Crippen LogP contribution >= 0.6 is 23.2 Å². The van der Waals surface area contributed by atoms with Gasteiger partial charge < -0.3 is 27.4 Å². The molecule has 160 valence electrons. The summed E-state index contributed by atoms with van der Waals surface area (Å²) < 4.78 is 0. The molecule has 2 amide bonds. The van der Waals surface area contributed by atoms with Crippen LogP contribution in [-0.2, 0) is 9.59 Å². The molecule has 0 spiro atoms. The molecule has 0 radical (unpaired) electrons. The second-order valence-electron chi connectivity index (χ2n) is 7.29. The molecule has 3 rings (SSSR count). The zero-order valence-electron chi connectivity index (χ0n) is 16.1. The van der Waals surface area contributed by atoms with E-state index in [1.165, 1.54) is 6.33 Å². The van der Waals surface area contributed by atoms with Gasteiger partial charge in [-0.3, -0.25) is 9.59 Å². The average molecular weight is 452 g/mol. The minimum atomic E-state index is -1.11. The maximum absolute atomic E-state index is 13.0. The van der Waals surface area contributed by atoms with Crippen LogP contribution in [0, 0.1) is 0 Å². The summed E-state index contributed by atoms with van der Waals surface area (Å²) in [5.74, 6) is -0.176. The van der Waals surface area contributed by atoms with Crippen molar-refractivity contribution in [1.29, 1.82) is 0 Å². The van der Waals surface area contributed by atoms with Gasteiger partial charge >= 0.3 is 0 Å². The molecule has 11 heteroatoms. The number of anilines is 2. The van der Waals surface area contributed by atoms with Crippen molar-refractivity contribution in [3.63, 3.8) is 0 Å². The number of nitrogens with one attached hydrogen (secondary N) is 1. The van der Waals surface area contributed by atoms with Gasteiger partial charge in [0.2, 0.25) is 11.8 Å². The van der Waals surface area contributed by atoms with Crippen LogP contribution in [0.3, 0.4) is 0 Å². The van der Waals surface area contributed by atoms with Crippen molar-refractivity contribution in [2.45, 2.75) is 30.8 Å². The first-order chi connectivity index (χ1) is 14.2. The van der Waals surface area contributed by atoms with E-state index in [0.717, 1.165) is 5.56 Å². The predicted octanol–water partition coefficient (Wildman–Crippen LogP) is 1.40. The maximum Gasteiger partial charge on any atom is 0.240 e. The van der Waals surface area contributed by atoms with E-state index in [-0.39, 0.29) is 23.2 Å². The Hall–Kier alpha value is -2.62. The molecular formula is C19H23Cl2N7O2. The monoisotopic (exact) mass is 451 g/mol. The largest absolute Gasteiger partial charge is 0.382 e. The number of nitrogens with two attached hydrogens (primary N) is 3. The summed E-state index contributed by atoms with van der Waals surface area (Å²) in [6.07, 6.45) is 2.02. The molecule has 0 aliphatic carbocycles. The Kier molecular flexibility index (Phi) is 6.64. The van der Waals surface area contributed by atoms with Crippen molar-refractivity contribution < 1.29 is 9.59 Å². The standard InChI is InChI=1S/C19H23Cl2N7O2/c20-12-3-1-11(2-4-12)13(9-14(22)29)27-18(30)19(24)5-7-28(8-6-19)17-15(21)16(23)25-10-26-17/h1-4,10,13H,5-9,24H2,(H2,22,29)(H,27,30)(H2,23,25,26). The number of aromatic nitrogens is 2. The molecule has 1 aromatic carbocycles. The van der Waals surface area contributed by atoms with Gasteiger partial charge in [0.05, 0.1) is 18.0 Å². The molecule has 30 heavy (non-hydrogen) atoms. The summed E-state index contributed by atoms with van der Waals surface area (Å²) in [5, 5.41) is 3.70. The molecule has 0 saturated carbocycles. The first-order valence-electron chi connectivity index (χ1n) is 9.34. The maximum atomic E-state index is 13.0. The molecule has 1 saturated heterocycles. The van der Waals surface area contributed by atoms with Crippen LogP contribution in [0.4, 0.5) is 11.6 Å². The Labute approximate surface area is 183 Å². The summed E-state index contributed by atoms with van der Waals surface area (Å²) in [5.41, 5.74) is 17.1. The number of halogens is 2. The van der Waals surface area contributed by atoms with Gasteiger partial charge in [0.15, 0.2) is 5.82 Å². The molecule has 1 unspecified atom stereocenters. The van der Waals surface area contributed by atoms with Crippen molar-refractivity contribution in [1.82, 2.24) is 15.3 Å². The molecule has 2 heterocycles. The van der Waals surface area contributed by atoms with Crippen LogP contribution < -0.4 is 27.4 Å². The minimum absolute atomic E-state index is 0.0502. The number of carbonyl (C=O) groups is 2. The van der Waals surface area contributed by atoms with E-state index in [9.17, 15) is 9.59 Å². The molecule has 1 aliphatic rings. The first-order valence-corrected chi connectivity index (χ1v) is 10.1. The Bertz CT molecular complexity index is 931. The van der Waals surface area contributed by atoms with Gasteiger partial charge in [0, 0.05) is 18.1 Å². The van der Waals surface area contributed by atoms with Gasteiger partial charge in [-0.1, -0.05) is 35.3 Å². The van der Waals surface area contributed by atoms with Crippen molar-refractivity contribution >= 4 is 46.7 Å². The van der Waals surface area contributed by atoms with E-state index in [2.05, 4.69) is 15.3 Å². The highest BCUT2D eigenvalue weighted by Crippen LogP contribution is 2.31. The number of primary amides is 1. The molecule has 1 atom stereocenters. The second kappa shape index (κ2) is 9.03. The highest BCUT2D eigenvalue weighted by molar-refractivity contribution is 6.35. The number of rotatable bonds is 6. The Morgan fingerprint density at radius 2 is 1.80 bits per heavy atom. The Morgan fingerprint density at radius 3 is 2.40 bits per heavy atom. The summed E-state index contributed by atoms with van der Waals surface area (Å²) >= 11 is 12.1. The number of nitrogens with zero attached hydrogens (tertiary/aromatic N) is 3. The SMILES string of the molecule is NC(=O)CC(NC(=O)C1(N)CCN(c2ncnc(N)c2Cl)CC1)c1ccc(Cl)cc1. The van der Waals surface area contributed by atoms with Gasteiger partial charge in [0.1, 0.15) is 17.2 Å². The van der Waals surface area contributed by atoms with E-state index in [4.69, 9.17) is 40.4 Å². The Morgan fingerprint density at radius 1 is 1.17 bits per heavy atom. The zero-order valence-corrected chi connectivity index (χ0v) is 17.7. The third-order valence-electron chi connectivity index (χ3n) is 5.19. The van der Waals surface area contributed by atoms with Crippen molar-refractivity contribution in [2.24, 2.45) is 11.5 Å². The summed E-state index contributed by atoms with van der Waals surface area (Å²) in [6.45, 7) is 0.920. The van der Waals surface area contributed by atoms with Crippen LogP contribution in [0.15, 0.2) is 30.6 Å². The predicted molar refractivity (Wildman–Crippen MR) is 116 cm³/mol. The fourth-order valence-electron chi connectivity index (χ4n) is 3.39. The second-order valence-corrected chi connectivity index (χ2v) is 8.10. The molecular weight excluding hydrogens is 429 g/mol.